The molecular formula is C37H50I2O6S2. The van der Waals surface area contributed by atoms with Crippen LogP contribution in [0, 0.1) is 39.9 Å². The first kappa shape index (κ1) is 36.4. The zero-order valence-corrected chi connectivity index (χ0v) is 34.7. The van der Waals surface area contributed by atoms with E-state index in [1.165, 1.54) is 36.2 Å². The summed E-state index contributed by atoms with van der Waals surface area (Å²) < 4.78 is 69.3. The number of rotatable bonds is 7. The van der Waals surface area contributed by atoms with E-state index in [0.29, 0.717) is 36.4 Å². The van der Waals surface area contributed by atoms with E-state index >= 15 is 0 Å². The molecule has 6 rings (SSSR count). The zero-order valence-electron chi connectivity index (χ0n) is 28.8. The second-order valence-corrected chi connectivity index (χ2v) is 22.8. The summed E-state index contributed by atoms with van der Waals surface area (Å²) in [4.78, 5) is 0.0250. The first-order chi connectivity index (χ1) is 21.6. The molecule has 6 nitrogen and oxygen atoms in total. The highest BCUT2D eigenvalue weighted by atomic mass is 127. The number of halogens is 2. The molecule has 0 radical (unpaired) electrons. The van der Waals surface area contributed by atoms with Crippen LogP contribution in [-0.4, -0.2) is 29.2 Å². The van der Waals surface area contributed by atoms with Crippen molar-refractivity contribution in [3.05, 3.63) is 53.1 Å². The van der Waals surface area contributed by atoms with Gasteiger partial charge < -0.3 is 4.18 Å². The lowest BCUT2D eigenvalue weighted by molar-refractivity contribution is 0.252. The van der Waals surface area contributed by atoms with E-state index in [1.807, 2.05) is 0 Å². The van der Waals surface area contributed by atoms with Gasteiger partial charge in [-0.2, -0.15) is 16.8 Å². The van der Waals surface area contributed by atoms with E-state index < -0.39 is 20.2 Å². The molecule has 0 aliphatic heterocycles. The number of benzene rings is 2. The maximum atomic E-state index is 14.8. The fourth-order valence-electron chi connectivity index (χ4n) is 9.86. The van der Waals surface area contributed by atoms with Crippen molar-refractivity contribution < 1.29 is 25.6 Å². The topological polar surface area (TPSA) is 97.7 Å². The largest absolute Gasteiger partial charge is 0.379 e. The van der Waals surface area contributed by atoms with Crippen molar-refractivity contribution in [2.75, 3.05) is 0 Å². The van der Waals surface area contributed by atoms with Gasteiger partial charge in [0.05, 0.1) is 4.90 Å². The monoisotopic (exact) mass is 908 g/mol. The fraction of sp³-hybridized carbons (Fsp3) is 0.676. The Labute approximate surface area is 310 Å². The van der Waals surface area contributed by atoms with Gasteiger partial charge in [-0.25, -0.2) is 0 Å². The molecule has 0 saturated heterocycles. The van der Waals surface area contributed by atoms with Crippen LogP contribution in [-0.2, 0) is 20.2 Å². The van der Waals surface area contributed by atoms with E-state index in [4.69, 9.17) is 4.18 Å². The Hall–Kier alpha value is -0.440. The van der Waals surface area contributed by atoms with Gasteiger partial charge in [0.15, 0.2) is 0 Å². The van der Waals surface area contributed by atoms with Crippen molar-refractivity contribution in [3.8, 4) is 5.75 Å². The normalized spacial score (nSPS) is 35.8. The Bertz CT molecular complexity index is 1740. The third-order valence-electron chi connectivity index (χ3n) is 13.9. The van der Waals surface area contributed by atoms with Gasteiger partial charge in [0.1, 0.15) is 10.6 Å². The average Bonchev–Trinajstić information content (AvgIpc) is 3.56. The molecule has 1 N–H and O–H groups in total. The standard InChI is InChI=1S/C37H50I2O6S2/c1-20-26(18-32(38)35(20,3)4)22-15-29(27-19-33(39)36(5,6)21(27)2)34(30(16-22)28-17-23-9-14-31(28)37(23,7)8)47(43,44)45-24-10-12-25(13-11-24)46(40,41)42/h10-13,15-16,20-21,23,26-28,31-33H,9,14,17-19H2,1-8H3,(H,40,41,42). The van der Waals surface area contributed by atoms with Gasteiger partial charge in [-0.05, 0) is 131 Å². The molecule has 260 valence electrons. The first-order valence-corrected chi connectivity index (χ1v) is 22.4. The molecule has 0 amide bonds. The summed E-state index contributed by atoms with van der Waals surface area (Å²) in [6, 6.07) is 9.48. The van der Waals surface area contributed by atoms with E-state index in [9.17, 15) is 21.4 Å². The summed E-state index contributed by atoms with van der Waals surface area (Å²) in [5, 5.41) is 0. The maximum Gasteiger partial charge on any atom is 0.339 e. The predicted molar refractivity (Wildman–Crippen MR) is 204 cm³/mol. The van der Waals surface area contributed by atoms with E-state index in [1.54, 1.807) is 0 Å². The Morgan fingerprint density at radius 3 is 1.66 bits per heavy atom. The molecule has 2 aromatic rings. The van der Waals surface area contributed by atoms with Gasteiger partial charge in [0.2, 0.25) is 0 Å². The number of fused-ring (bicyclic) bond motifs is 2. The summed E-state index contributed by atoms with van der Waals surface area (Å²) in [6.45, 7) is 18.7. The molecule has 9 atom stereocenters. The second-order valence-electron chi connectivity index (χ2n) is 16.9. The summed E-state index contributed by atoms with van der Waals surface area (Å²) in [6.07, 6.45) is 5.23. The van der Waals surface area contributed by atoms with Gasteiger partial charge in [0.25, 0.3) is 10.1 Å². The molecule has 4 saturated carbocycles. The van der Waals surface area contributed by atoms with Crippen molar-refractivity contribution in [2.45, 2.75) is 123 Å². The van der Waals surface area contributed by atoms with Crippen LogP contribution in [0.3, 0.4) is 0 Å². The Kier molecular flexibility index (Phi) is 9.34. The van der Waals surface area contributed by atoms with Crippen LogP contribution in [0.4, 0.5) is 0 Å². The molecule has 0 heterocycles. The van der Waals surface area contributed by atoms with Crippen LogP contribution < -0.4 is 4.18 Å². The third kappa shape index (κ3) is 6.05. The summed E-state index contributed by atoms with van der Waals surface area (Å²) in [7, 11) is -8.76. The smallest absolute Gasteiger partial charge is 0.339 e. The lowest BCUT2D eigenvalue weighted by atomic mass is 9.73. The molecule has 2 bridgehead atoms. The van der Waals surface area contributed by atoms with Gasteiger partial charge in [0, 0.05) is 7.85 Å². The molecule has 47 heavy (non-hydrogen) atoms. The lowest BCUT2D eigenvalue weighted by Gasteiger charge is -2.34. The average molecular weight is 909 g/mol. The number of alkyl halides is 2. The van der Waals surface area contributed by atoms with Gasteiger partial charge >= 0.3 is 10.1 Å². The number of hydrogen-bond acceptors (Lipinski definition) is 5. The molecule has 0 spiro atoms. The SMILES string of the molecule is CC1C(c2cc(C3CC(I)C(C)(C)C3C)c(S(=O)(=O)Oc3ccc(S(=O)(=O)O)cc3)c(C3CC4CCC3C4(C)C)c2)CC(I)C1(C)C. The molecule has 4 aliphatic carbocycles. The van der Waals surface area contributed by atoms with Crippen LogP contribution in [0.1, 0.15) is 122 Å². The van der Waals surface area contributed by atoms with Crippen molar-refractivity contribution >= 4 is 65.4 Å². The molecule has 4 aliphatic rings. The Morgan fingerprint density at radius 2 is 1.23 bits per heavy atom. The minimum Gasteiger partial charge on any atom is -0.379 e. The molecular weight excluding hydrogens is 858 g/mol. The van der Waals surface area contributed by atoms with Crippen LogP contribution in [0.5, 0.6) is 5.75 Å². The quantitative estimate of drug-likeness (QED) is 0.129. The minimum absolute atomic E-state index is 0.0251. The van der Waals surface area contributed by atoms with Gasteiger partial charge in [-0.3, -0.25) is 4.55 Å². The van der Waals surface area contributed by atoms with E-state index in [-0.39, 0.29) is 44.6 Å². The first-order valence-electron chi connectivity index (χ1n) is 17.1. The summed E-state index contributed by atoms with van der Waals surface area (Å²) in [5.41, 5.74) is 3.43. The molecule has 4 fully saturated rings. The van der Waals surface area contributed by atoms with Gasteiger partial charge in [-0.15, -0.1) is 0 Å². The highest BCUT2D eigenvalue weighted by Gasteiger charge is 2.56. The Morgan fingerprint density at radius 1 is 0.723 bits per heavy atom. The van der Waals surface area contributed by atoms with Crippen molar-refractivity contribution in [1.82, 2.24) is 0 Å². The van der Waals surface area contributed by atoms with E-state index in [0.717, 1.165) is 36.8 Å². The summed E-state index contributed by atoms with van der Waals surface area (Å²) in [5.74, 6) is 2.17. The lowest BCUT2D eigenvalue weighted by Crippen LogP contribution is -2.26. The Balaban J connectivity index is 1.57. The molecule has 0 aromatic heterocycles. The van der Waals surface area contributed by atoms with Crippen LogP contribution in [0.15, 0.2) is 46.2 Å². The fourth-order valence-corrected chi connectivity index (χ4v) is 14.0. The van der Waals surface area contributed by atoms with Crippen LogP contribution >= 0.6 is 45.2 Å². The zero-order chi connectivity index (χ0) is 34.6. The molecule has 9 unspecified atom stereocenters. The van der Waals surface area contributed by atoms with Crippen LogP contribution in [0.2, 0.25) is 0 Å². The van der Waals surface area contributed by atoms with Crippen molar-refractivity contribution in [3.63, 3.8) is 0 Å². The second kappa shape index (κ2) is 12.1. The van der Waals surface area contributed by atoms with Gasteiger partial charge in [-0.1, -0.05) is 113 Å². The minimum atomic E-state index is -4.43. The van der Waals surface area contributed by atoms with E-state index in [2.05, 4.69) is 113 Å². The summed E-state index contributed by atoms with van der Waals surface area (Å²) >= 11 is 5.19. The predicted octanol–water partition coefficient (Wildman–Crippen LogP) is 10.1. The third-order valence-corrected chi connectivity index (χ3v) is 20.4. The molecule has 2 aromatic carbocycles. The van der Waals surface area contributed by atoms with Crippen molar-refractivity contribution in [2.24, 2.45) is 39.9 Å². The molecule has 10 heteroatoms. The highest BCUT2D eigenvalue weighted by Crippen LogP contribution is 2.65. The van der Waals surface area contributed by atoms with Crippen molar-refractivity contribution in [1.29, 1.82) is 0 Å². The highest BCUT2D eigenvalue weighted by molar-refractivity contribution is 14.1. The maximum absolute atomic E-state index is 14.8. The van der Waals surface area contributed by atoms with Crippen LogP contribution in [0.25, 0.3) is 0 Å². The number of hydrogen-bond donors (Lipinski definition) is 1.